The number of aromatic nitrogens is 2. The summed E-state index contributed by atoms with van der Waals surface area (Å²) in [5, 5.41) is 6.88. The van der Waals surface area contributed by atoms with Crippen molar-refractivity contribution in [2.75, 3.05) is 25.4 Å². The number of carbonyl (C=O) groups is 1. The first-order valence-electron chi connectivity index (χ1n) is 7.28. The molecule has 3 N–H and O–H groups in total. The Morgan fingerprint density at radius 1 is 1.65 bits per heavy atom. The highest BCUT2D eigenvalue weighted by molar-refractivity contribution is 5.78. The van der Waals surface area contributed by atoms with Crippen LogP contribution in [0.2, 0.25) is 0 Å². The lowest BCUT2D eigenvalue weighted by Gasteiger charge is -2.38. The van der Waals surface area contributed by atoms with Crippen molar-refractivity contribution in [1.29, 1.82) is 0 Å². The number of rotatable bonds is 4. The lowest BCUT2D eigenvalue weighted by Crippen LogP contribution is -2.41. The van der Waals surface area contributed by atoms with Gasteiger partial charge in [-0.2, -0.15) is 5.10 Å². The number of nitrogens with zero attached hydrogens (tertiary/aromatic N) is 2. The van der Waals surface area contributed by atoms with E-state index in [9.17, 15) is 4.79 Å². The maximum atomic E-state index is 12.2. The van der Waals surface area contributed by atoms with E-state index >= 15 is 0 Å². The van der Waals surface area contributed by atoms with E-state index < -0.39 is 0 Å². The number of anilines is 1. The van der Waals surface area contributed by atoms with Gasteiger partial charge < -0.3 is 15.4 Å². The number of nitrogen functional groups attached to an aromatic ring is 1. The molecule has 0 aromatic carbocycles. The molecule has 1 amide bonds. The predicted octanol–water partition coefficient (Wildman–Crippen LogP) is 1.27. The molecule has 1 aliphatic heterocycles. The third-order valence-corrected chi connectivity index (χ3v) is 4.60. The van der Waals surface area contributed by atoms with Crippen LogP contribution in [-0.4, -0.2) is 46.3 Å². The number of nitrogens with two attached hydrogens (primary N) is 1. The molecule has 110 valence electrons. The molecule has 1 unspecified atom stereocenters. The second-order valence-electron chi connectivity index (χ2n) is 6.16. The summed E-state index contributed by atoms with van der Waals surface area (Å²) in [6.07, 6.45) is 5.88. The zero-order valence-electron chi connectivity index (χ0n) is 11.9. The molecule has 1 saturated heterocycles. The molecule has 1 saturated carbocycles. The minimum Gasteiger partial charge on any atom is -0.396 e. The van der Waals surface area contributed by atoms with Crippen LogP contribution in [0.3, 0.4) is 0 Å². The molecule has 20 heavy (non-hydrogen) atoms. The van der Waals surface area contributed by atoms with Crippen LogP contribution in [0.1, 0.15) is 44.2 Å². The largest absolute Gasteiger partial charge is 0.396 e. The molecule has 0 radical (unpaired) electrons. The van der Waals surface area contributed by atoms with Gasteiger partial charge in [0.1, 0.15) is 6.61 Å². The summed E-state index contributed by atoms with van der Waals surface area (Å²) in [5.74, 6) is 0.347. The molecule has 0 bridgehead atoms. The first kappa shape index (κ1) is 13.4. The quantitative estimate of drug-likeness (QED) is 0.868. The minimum absolute atomic E-state index is 0.0669. The van der Waals surface area contributed by atoms with Gasteiger partial charge in [0, 0.05) is 19.0 Å². The SMILES string of the molecule is CC1(OCC(=O)N2CCC(c3[nH]ncc3N)C2)CCC1. The number of hydrogen-bond donors (Lipinski definition) is 2. The molecule has 2 aliphatic rings. The molecule has 6 heteroatoms. The Kier molecular flexibility index (Phi) is 3.41. The van der Waals surface area contributed by atoms with Gasteiger partial charge >= 0.3 is 0 Å². The maximum Gasteiger partial charge on any atom is 0.248 e. The summed E-state index contributed by atoms with van der Waals surface area (Å²) in [7, 11) is 0. The Balaban J connectivity index is 1.52. The number of likely N-dealkylation sites (tertiary alicyclic amines) is 1. The van der Waals surface area contributed by atoms with Crippen LogP contribution in [0.25, 0.3) is 0 Å². The van der Waals surface area contributed by atoms with E-state index in [2.05, 4.69) is 17.1 Å². The Labute approximate surface area is 118 Å². The lowest BCUT2D eigenvalue weighted by atomic mass is 9.82. The van der Waals surface area contributed by atoms with Gasteiger partial charge in [0.05, 0.1) is 23.2 Å². The third kappa shape index (κ3) is 2.52. The molecule has 1 aromatic rings. The van der Waals surface area contributed by atoms with Crippen molar-refractivity contribution in [3.05, 3.63) is 11.9 Å². The predicted molar refractivity (Wildman–Crippen MR) is 75.1 cm³/mol. The molecule has 3 rings (SSSR count). The first-order valence-corrected chi connectivity index (χ1v) is 7.28. The number of hydrogen-bond acceptors (Lipinski definition) is 4. The summed E-state index contributed by atoms with van der Waals surface area (Å²) in [6, 6.07) is 0. The van der Waals surface area contributed by atoms with E-state index in [4.69, 9.17) is 10.5 Å². The van der Waals surface area contributed by atoms with Crippen molar-refractivity contribution in [2.45, 2.75) is 44.1 Å². The molecule has 1 aromatic heterocycles. The van der Waals surface area contributed by atoms with Gasteiger partial charge in [0.15, 0.2) is 0 Å². The van der Waals surface area contributed by atoms with E-state index in [0.29, 0.717) is 12.2 Å². The minimum atomic E-state index is -0.0669. The van der Waals surface area contributed by atoms with Crippen molar-refractivity contribution in [3.8, 4) is 0 Å². The number of ether oxygens (including phenoxy) is 1. The fraction of sp³-hybridized carbons (Fsp3) is 0.714. The van der Waals surface area contributed by atoms with Gasteiger partial charge in [-0.3, -0.25) is 9.89 Å². The van der Waals surface area contributed by atoms with Gasteiger partial charge in [0.2, 0.25) is 5.91 Å². The summed E-state index contributed by atoms with van der Waals surface area (Å²) in [5.41, 5.74) is 7.43. The van der Waals surface area contributed by atoms with E-state index in [1.807, 2.05) is 4.90 Å². The van der Waals surface area contributed by atoms with Gasteiger partial charge in [0.25, 0.3) is 0 Å². The first-order chi connectivity index (χ1) is 9.57. The fourth-order valence-corrected chi connectivity index (χ4v) is 3.00. The average molecular weight is 278 g/mol. The lowest BCUT2D eigenvalue weighted by molar-refractivity contribution is -0.147. The standard InChI is InChI=1S/C14H22N4O2/c1-14(4-2-5-14)20-9-12(19)18-6-3-10(8-18)13-11(15)7-16-17-13/h7,10H,2-6,8-9,15H2,1H3,(H,16,17). The topological polar surface area (TPSA) is 84.2 Å². The van der Waals surface area contributed by atoms with Crippen LogP contribution in [0.15, 0.2) is 6.20 Å². The van der Waals surface area contributed by atoms with E-state index in [1.165, 1.54) is 6.42 Å². The highest BCUT2D eigenvalue weighted by atomic mass is 16.5. The summed E-state index contributed by atoms with van der Waals surface area (Å²) < 4.78 is 5.75. The Hall–Kier alpha value is -1.56. The molecule has 2 fully saturated rings. The van der Waals surface area contributed by atoms with Gasteiger partial charge in [-0.15, -0.1) is 0 Å². The molecule has 1 aliphatic carbocycles. The highest BCUT2D eigenvalue weighted by Gasteiger charge is 2.35. The van der Waals surface area contributed by atoms with E-state index in [0.717, 1.165) is 31.5 Å². The summed E-state index contributed by atoms with van der Waals surface area (Å²) >= 11 is 0. The van der Waals surface area contributed by atoms with Crippen LogP contribution in [-0.2, 0) is 9.53 Å². The van der Waals surface area contributed by atoms with Gasteiger partial charge in [-0.05, 0) is 32.6 Å². The van der Waals surface area contributed by atoms with Crippen molar-refractivity contribution in [3.63, 3.8) is 0 Å². The zero-order chi connectivity index (χ0) is 14.2. The molecule has 2 heterocycles. The molecular formula is C14H22N4O2. The number of amides is 1. The van der Waals surface area contributed by atoms with Crippen molar-refractivity contribution in [2.24, 2.45) is 0 Å². The van der Waals surface area contributed by atoms with Crippen LogP contribution < -0.4 is 5.73 Å². The zero-order valence-corrected chi connectivity index (χ0v) is 11.9. The van der Waals surface area contributed by atoms with Gasteiger partial charge in [-0.1, -0.05) is 0 Å². The Morgan fingerprint density at radius 3 is 3.05 bits per heavy atom. The van der Waals surface area contributed by atoms with E-state index in [-0.39, 0.29) is 24.0 Å². The summed E-state index contributed by atoms with van der Waals surface area (Å²) in [4.78, 5) is 14.0. The van der Waals surface area contributed by atoms with Gasteiger partial charge in [-0.25, -0.2) is 0 Å². The molecule has 0 spiro atoms. The second kappa shape index (κ2) is 5.09. The maximum absolute atomic E-state index is 12.2. The highest BCUT2D eigenvalue weighted by Crippen LogP contribution is 2.35. The molecule has 6 nitrogen and oxygen atoms in total. The number of aromatic amines is 1. The smallest absolute Gasteiger partial charge is 0.248 e. The van der Waals surface area contributed by atoms with Crippen molar-refractivity contribution >= 4 is 11.6 Å². The summed E-state index contributed by atoms with van der Waals surface area (Å²) in [6.45, 7) is 3.75. The number of nitrogens with one attached hydrogen (secondary N) is 1. The number of carbonyl (C=O) groups excluding carboxylic acids is 1. The van der Waals surface area contributed by atoms with Crippen molar-refractivity contribution in [1.82, 2.24) is 15.1 Å². The Bertz CT molecular complexity index is 495. The molecule has 1 atom stereocenters. The van der Waals surface area contributed by atoms with Crippen LogP contribution in [0.5, 0.6) is 0 Å². The fourth-order valence-electron chi connectivity index (χ4n) is 3.00. The van der Waals surface area contributed by atoms with E-state index in [1.54, 1.807) is 6.20 Å². The molecular weight excluding hydrogens is 256 g/mol. The Morgan fingerprint density at radius 2 is 2.45 bits per heavy atom. The third-order valence-electron chi connectivity index (χ3n) is 4.60. The van der Waals surface area contributed by atoms with Crippen molar-refractivity contribution < 1.29 is 9.53 Å². The van der Waals surface area contributed by atoms with Crippen LogP contribution in [0, 0.1) is 0 Å². The van der Waals surface area contributed by atoms with Crippen LogP contribution in [0.4, 0.5) is 5.69 Å². The average Bonchev–Trinajstić information content (AvgIpc) is 3.01. The second-order valence-corrected chi connectivity index (χ2v) is 6.16. The normalized spacial score (nSPS) is 24.6. The monoisotopic (exact) mass is 278 g/mol. The van der Waals surface area contributed by atoms with Crippen LogP contribution >= 0.6 is 0 Å². The number of H-pyrrole nitrogens is 1.